The molecule has 0 bridgehead atoms. The molecule has 0 saturated heterocycles. The zero-order chi connectivity index (χ0) is 10.4. The first kappa shape index (κ1) is 10.1. The van der Waals surface area contributed by atoms with E-state index in [1.54, 1.807) is 24.4 Å². The molecule has 0 atom stereocenters. The van der Waals surface area contributed by atoms with Crippen molar-refractivity contribution >= 4 is 17.8 Å². The van der Waals surface area contributed by atoms with Crippen molar-refractivity contribution in [1.82, 2.24) is 4.98 Å². The maximum absolute atomic E-state index is 10.9. The van der Waals surface area contributed by atoms with Crippen molar-refractivity contribution in [3.63, 3.8) is 0 Å². The van der Waals surface area contributed by atoms with Gasteiger partial charge < -0.3 is 5.11 Å². The molecule has 4 heteroatoms. The van der Waals surface area contributed by atoms with E-state index in [0.717, 1.165) is 0 Å². The SMILES string of the molecule is O=C(O)CC(=O)C=Cc1ccccn1. The Bertz CT molecular complexity index is 357. The highest BCUT2D eigenvalue weighted by molar-refractivity contribution is 6.03. The first-order valence-corrected chi connectivity index (χ1v) is 4.02. The Labute approximate surface area is 80.9 Å². The van der Waals surface area contributed by atoms with Crippen molar-refractivity contribution in [3.8, 4) is 0 Å². The van der Waals surface area contributed by atoms with Gasteiger partial charge in [0.25, 0.3) is 0 Å². The van der Waals surface area contributed by atoms with Crippen LogP contribution in [0.2, 0.25) is 0 Å². The van der Waals surface area contributed by atoms with Crippen molar-refractivity contribution in [3.05, 3.63) is 36.2 Å². The molecular weight excluding hydrogens is 182 g/mol. The summed E-state index contributed by atoms with van der Waals surface area (Å²) in [5, 5.41) is 8.31. The zero-order valence-corrected chi connectivity index (χ0v) is 7.38. The Kier molecular flexibility index (Phi) is 3.55. The number of hydrogen-bond acceptors (Lipinski definition) is 3. The van der Waals surface area contributed by atoms with Crippen molar-refractivity contribution in [2.75, 3.05) is 0 Å². The maximum atomic E-state index is 10.9. The van der Waals surface area contributed by atoms with E-state index < -0.39 is 18.2 Å². The Hall–Kier alpha value is -1.97. The predicted molar refractivity (Wildman–Crippen MR) is 50.5 cm³/mol. The average Bonchev–Trinajstić information content (AvgIpc) is 2.15. The number of carbonyl (C=O) groups excluding carboxylic acids is 1. The van der Waals surface area contributed by atoms with E-state index >= 15 is 0 Å². The summed E-state index contributed by atoms with van der Waals surface area (Å²) >= 11 is 0. The third kappa shape index (κ3) is 3.62. The molecule has 0 spiro atoms. The molecule has 1 aromatic heterocycles. The largest absolute Gasteiger partial charge is 0.481 e. The molecule has 14 heavy (non-hydrogen) atoms. The number of carbonyl (C=O) groups is 2. The lowest BCUT2D eigenvalue weighted by Crippen LogP contribution is -2.02. The van der Waals surface area contributed by atoms with Gasteiger partial charge in [0.1, 0.15) is 6.42 Å². The number of aliphatic carboxylic acids is 1. The number of pyridine rings is 1. The molecule has 0 aliphatic carbocycles. The second-order valence-electron chi connectivity index (χ2n) is 2.62. The summed E-state index contributed by atoms with van der Waals surface area (Å²) in [7, 11) is 0. The van der Waals surface area contributed by atoms with Gasteiger partial charge >= 0.3 is 5.97 Å². The molecule has 1 heterocycles. The van der Waals surface area contributed by atoms with Crippen LogP contribution in [0.15, 0.2) is 30.5 Å². The lowest BCUT2D eigenvalue weighted by Gasteiger charge is -1.90. The number of ketones is 1. The summed E-state index contributed by atoms with van der Waals surface area (Å²) in [5.41, 5.74) is 0.631. The number of aromatic nitrogens is 1. The third-order valence-corrected chi connectivity index (χ3v) is 1.45. The normalized spacial score (nSPS) is 10.3. The van der Waals surface area contributed by atoms with Gasteiger partial charge in [0.05, 0.1) is 5.69 Å². The van der Waals surface area contributed by atoms with Crippen molar-refractivity contribution in [2.45, 2.75) is 6.42 Å². The Balaban J connectivity index is 2.56. The number of allylic oxidation sites excluding steroid dienone is 1. The smallest absolute Gasteiger partial charge is 0.311 e. The van der Waals surface area contributed by atoms with Crippen LogP contribution in [-0.4, -0.2) is 21.8 Å². The minimum atomic E-state index is -1.12. The maximum Gasteiger partial charge on any atom is 0.311 e. The van der Waals surface area contributed by atoms with Gasteiger partial charge in [0.15, 0.2) is 5.78 Å². The molecule has 0 amide bonds. The van der Waals surface area contributed by atoms with Gasteiger partial charge in [-0.3, -0.25) is 14.6 Å². The minimum Gasteiger partial charge on any atom is -0.481 e. The van der Waals surface area contributed by atoms with Gasteiger partial charge in [-0.05, 0) is 24.3 Å². The van der Waals surface area contributed by atoms with Gasteiger partial charge in [-0.2, -0.15) is 0 Å². The lowest BCUT2D eigenvalue weighted by molar-refractivity contribution is -0.139. The predicted octanol–water partition coefficient (Wildman–Crippen LogP) is 1.14. The fraction of sp³-hybridized carbons (Fsp3) is 0.100. The van der Waals surface area contributed by atoms with E-state index in [2.05, 4.69) is 4.98 Å². The summed E-state index contributed by atoms with van der Waals surface area (Å²) < 4.78 is 0. The van der Waals surface area contributed by atoms with Crippen LogP contribution in [0.5, 0.6) is 0 Å². The first-order chi connectivity index (χ1) is 6.68. The van der Waals surface area contributed by atoms with Crippen molar-refractivity contribution in [2.24, 2.45) is 0 Å². The molecular formula is C10H9NO3. The topological polar surface area (TPSA) is 67.3 Å². The van der Waals surface area contributed by atoms with Gasteiger partial charge in [-0.1, -0.05) is 6.07 Å². The van der Waals surface area contributed by atoms with Crippen LogP contribution in [0, 0.1) is 0 Å². The molecule has 0 aliphatic heterocycles. The van der Waals surface area contributed by atoms with Crippen molar-refractivity contribution in [1.29, 1.82) is 0 Å². The number of carboxylic acid groups (broad SMARTS) is 1. The number of nitrogens with zero attached hydrogens (tertiary/aromatic N) is 1. The highest BCUT2D eigenvalue weighted by Crippen LogP contribution is 1.97. The van der Waals surface area contributed by atoms with E-state index in [9.17, 15) is 9.59 Å². The molecule has 0 fully saturated rings. The first-order valence-electron chi connectivity index (χ1n) is 4.02. The van der Waals surface area contributed by atoms with Crippen LogP contribution in [0.1, 0.15) is 12.1 Å². The van der Waals surface area contributed by atoms with E-state index in [1.165, 1.54) is 12.2 Å². The summed E-state index contributed by atoms with van der Waals surface area (Å²) in [6, 6.07) is 5.27. The second-order valence-corrected chi connectivity index (χ2v) is 2.62. The van der Waals surface area contributed by atoms with E-state index in [1.807, 2.05) is 0 Å². The highest BCUT2D eigenvalue weighted by Gasteiger charge is 2.02. The van der Waals surface area contributed by atoms with Gasteiger partial charge in [-0.25, -0.2) is 0 Å². The van der Waals surface area contributed by atoms with Crippen LogP contribution in [0.3, 0.4) is 0 Å². The van der Waals surface area contributed by atoms with Crippen molar-refractivity contribution < 1.29 is 14.7 Å². The fourth-order valence-corrected chi connectivity index (χ4v) is 0.861. The molecule has 1 N–H and O–H groups in total. The summed E-state index contributed by atoms with van der Waals surface area (Å²) in [5.74, 6) is -1.57. The van der Waals surface area contributed by atoms with Gasteiger partial charge in [-0.15, -0.1) is 0 Å². The van der Waals surface area contributed by atoms with Gasteiger partial charge in [0, 0.05) is 6.20 Å². The Morgan fingerprint density at radius 2 is 2.21 bits per heavy atom. The van der Waals surface area contributed by atoms with Crippen LogP contribution >= 0.6 is 0 Å². The highest BCUT2D eigenvalue weighted by atomic mass is 16.4. The second kappa shape index (κ2) is 4.91. The summed E-state index contributed by atoms with van der Waals surface area (Å²) in [6.07, 6.45) is 3.83. The van der Waals surface area contributed by atoms with E-state index in [0.29, 0.717) is 5.69 Å². The monoisotopic (exact) mass is 191 g/mol. The molecule has 0 radical (unpaired) electrons. The molecule has 1 rings (SSSR count). The van der Waals surface area contributed by atoms with E-state index in [4.69, 9.17) is 5.11 Å². The average molecular weight is 191 g/mol. The molecule has 0 aliphatic rings. The van der Waals surface area contributed by atoms with Gasteiger partial charge in [0.2, 0.25) is 0 Å². The van der Waals surface area contributed by atoms with Crippen LogP contribution in [0.4, 0.5) is 0 Å². The van der Waals surface area contributed by atoms with E-state index in [-0.39, 0.29) is 0 Å². The zero-order valence-electron chi connectivity index (χ0n) is 7.38. The minimum absolute atomic E-state index is 0.442. The lowest BCUT2D eigenvalue weighted by atomic mass is 10.2. The molecule has 1 aromatic rings. The Morgan fingerprint density at radius 1 is 1.43 bits per heavy atom. The molecule has 72 valence electrons. The number of hydrogen-bond donors (Lipinski definition) is 1. The number of rotatable bonds is 4. The van der Waals surface area contributed by atoms with Crippen LogP contribution in [0.25, 0.3) is 6.08 Å². The number of carboxylic acids is 1. The fourth-order valence-electron chi connectivity index (χ4n) is 0.861. The summed E-state index contributed by atoms with van der Waals surface area (Å²) in [4.78, 5) is 25.0. The standard InChI is InChI=1S/C10H9NO3/c12-9(7-10(13)14)5-4-8-3-1-2-6-11-8/h1-6H,7H2,(H,13,14). The Morgan fingerprint density at radius 3 is 2.79 bits per heavy atom. The molecule has 4 nitrogen and oxygen atoms in total. The molecule has 0 unspecified atom stereocenters. The summed E-state index contributed by atoms with van der Waals surface area (Å²) in [6.45, 7) is 0. The van der Waals surface area contributed by atoms with Crippen LogP contribution < -0.4 is 0 Å². The third-order valence-electron chi connectivity index (χ3n) is 1.45. The van der Waals surface area contributed by atoms with Crippen LogP contribution in [-0.2, 0) is 9.59 Å². The molecule has 0 aromatic carbocycles. The quantitative estimate of drug-likeness (QED) is 0.572. The molecule has 0 saturated carbocycles.